The molecular weight excluding hydrogens is 765 g/mol. The van der Waals surface area contributed by atoms with Crippen LogP contribution in [0.5, 0.6) is 0 Å². The van der Waals surface area contributed by atoms with Gasteiger partial charge in [0.15, 0.2) is 17.2 Å². The summed E-state index contributed by atoms with van der Waals surface area (Å²) in [6.07, 6.45) is 18.0. The molecule has 1 atom stereocenters. The van der Waals surface area contributed by atoms with E-state index < -0.39 is 23.8 Å². The highest BCUT2D eigenvalue weighted by atomic mass is 32.9. The van der Waals surface area contributed by atoms with Gasteiger partial charge in [-0.1, -0.05) is 39.8 Å². The molecule has 0 amide bonds. The Morgan fingerprint density at radius 1 is 0.704 bits per heavy atom. The molecule has 1 unspecified atom stereocenters. The van der Waals surface area contributed by atoms with E-state index >= 15 is 0 Å². The number of ether oxygens (including phenoxy) is 3. The fourth-order valence-corrected chi connectivity index (χ4v) is 5.77. The van der Waals surface area contributed by atoms with E-state index in [1.807, 2.05) is 6.92 Å². The number of ketones is 1. The number of aliphatic hydroxyl groups is 1. The summed E-state index contributed by atoms with van der Waals surface area (Å²) in [4.78, 5) is 84.7. The molecule has 0 aliphatic heterocycles. The molecule has 54 heavy (non-hydrogen) atoms. The lowest BCUT2D eigenvalue weighted by atomic mass is 10.0. The largest absolute Gasteiger partial charge is 0.476 e. The van der Waals surface area contributed by atoms with Crippen LogP contribution < -0.4 is 0 Å². The number of carboxylic acids is 1. The van der Waals surface area contributed by atoms with Crippen molar-refractivity contribution in [3.8, 4) is 10.6 Å². The molecular formula is C33H38N8O10S3. The third kappa shape index (κ3) is 18.5. The van der Waals surface area contributed by atoms with Gasteiger partial charge < -0.3 is 24.4 Å². The Kier molecular flexibility index (Phi) is 25.5. The lowest BCUT2D eigenvalue weighted by molar-refractivity contribution is -0.143. The molecule has 21 heteroatoms. The Hall–Kier alpha value is -5.90. The number of hydrogen-bond acceptors (Lipinski definition) is 20. The second kappa shape index (κ2) is 28.7. The highest BCUT2D eigenvalue weighted by Crippen LogP contribution is 2.31. The van der Waals surface area contributed by atoms with Crippen molar-refractivity contribution in [1.29, 1.82) is 0 Å². The first-order valence-electron chi connectivity index (χ1n) is 15.0. The van der Waals surface area contributed by atoms with Gasteiger partial charge in [-0.05, 0) is 19.4 Å². The maximum atomic E-state index is 11.5. The molecule has 288 valence electrons. The highest BCUT2D eigenvalue weighted by Gasteiger charge is 2.24. The van der Waals surface area contributed by atoms with Gasteiger partial charge in [0, 0.05) is 63.1 Å². The summed E-state index contributed by atoms with van der Waals surface area (Å²) < 4.78 is 14.1. The van der Waals surface area contributed by atoms with Crippen LogP contribution in [0.1, 0.15) is 57.3 Å². The number of nitrogens with zero attached hydrogens (tertiary/aromatic N) is 8. The standard InChI is InChI=1S/C9H10N2O3.C8H6N2S3.C6H6N2O2.C5H4N2O2.C4H8O2.CH4O/c1-6(9(13)14-2)8(12)7-5-10-3-4-11-7;1-5-7(12-13-8(5)11)6-4-9-2-3-10-6;1-10-6(9)5-4-7-2-3-8-5;8-5(9)4-3-6-1-2-7-4;1-3-4(5)6-2;1-2/h3-6H,1-2H3;2-4H,1H3;2-4H,1H3;1-3H,(H,8,9);3H2,1-2H3;2H,1H3. The number of esters is 3. The third-order valence-electron chi connectivity index (χ3n) is 5.66. The van der Waals surface area contributed by atoms with Gasteiger partial charge >= 0.3 is 23.9 Å². The van der Waals surface area contributed by atoms with Crippen molar-refractivity contribution in [3.05, 3.63) is 101 Å². The Morgan fingerprint density at radius 3 is 1.50 bits per heavy atom. The predicted octanol–water partition coefficient (Wildman–Crippen LogP) is 4.39. The van der Waals surface area contributed by atoms with Crippen molar-refractivity contribution in [2.75, 3.05) is 28.4 Å². The molecule has 0 aliphatic rings. The van der Waals surface area contributed by atoms with Crippen molar-refractivity contribution < 1.29 is 48.4 Å². The summed E-state index contributed by atoms with van der Waals surface area (Å²) in [5, 5.41) is 15.3. The lowest BCUT2D eigenvalue weighted by Crippen LogP contribution is -2.23. The van der Waals surface area contributed by atoms with Gasteiger partial charge in [0.1, 0.15) is 15.4 Å². The van der Waals surface area contributed by atoms with Crippen LogP contribution in [0.4, 0.5) is 0 Å². The zero-order valence-corrected chi connectivity index (χ0v) is 32.6. The fraction of sp³-hybridized carbons (Fsp3) is 0.273. The summed E-state index contributed by atoms with van der Waals surface area (Å²) in [5.74, 6) is -3.46. The first-order valence-corrected chi connectivity index (χ1v) is 17.6. The van der Waals surface area contributed by atoms with E-state index in [1.165, 1.54) is 84.0 Å². The Morgan fingerprint density at radius 2 is 1.19 bits per heavy atom. The van der Waals surface area contributed by atoms with Gasteiger partial charge in [0.25, 0.3) is 0 Å². The molecule has 0 spiro atoms. The summed E-state index contributed by atoms with van der Waals surface area (Å²) in [5.41, 5.74) is 2.43. The number of carbonyl (C=O) groups excluding carboxylic acids is 4. The van der Waals surface area contributed by atoms with E-state index in [-0.39, 0.29) is 28.8 Å². The van der Waals surface area contributed by atoms with E-state index in [0.29, 0.717) is 6.42 Å². The summed E-state index contributed by atoms with van der Waals surface area (Å²) in [7, 11) is 8.20. The summed E-state index contributed by atoms with van der Waals surface area (Å²) >= 11 is 5.15. The van der Waals surface area contributed by atoms with Gasteiger partial charge in [-0.3, -0.25) is 39.3 Å². The zero-order chi connectivity index (χ0) is 40.9. The number of aliphatic hydroxyl groups excluding tert-OH is 1. The molecule has 0 fully saturated rings. The van der Waals surface area contributed by atoms with Crippen molar-refractivity contribution in [2.24, 2.45) is 5.92 Å². The van der Waals surface area contributed by atoms with Crippen LogP contribution in [0.25, 0.3) is 10.6 Å². The van der Waals surface area contributed by atoms with Crippen LogP contribution in [0.3, 0.4) is 0 Å². The van der Waals surface area contributed by atoms with E-state index in [0.717, 1.165) is 27.1 Å². The highest BCUT2D eigenvalue weighted by molar-refractivity contribution is 7.80. The maximum Gasteiger partial charge on any atom is 0.358 e. The minimum Gasteiger partial charge on any atom is -0.476 e. The van der Waals surface area contributed by atoms with Crippen molar-refractivity contribution >= 4 is 62.6 Å². The number of methoxy groups -OCH3 is 3. The Balaban J connectivity index is 0.000000658. The van der Waals surface area contributed by atoms with Crippen LogP contribution in [-0.4, -0.2) is 108 Å². The first kappa shape index (κ1) is 48.1. The average molecular weight is 803 g/mol. The Bertz CT molecular complexity index is 1880. The second-order valence-corrected chi connectivity index (χ2v) is 11.9. The number of aromatic carboxylic acids is 1. The van der Waals surface area contributed by atoms with Crippen molar-refractivity contribution in [3.63, 3.8) is 0 Å². The molecule has 5 aromatic heterocycles. The van der Waals surface area contributed by atoms with Crippen LogP contribution in [0, 0.1) is 16.7 Å². The summed E-state index contributed by atoms with van der Waals surface area (Å²) in [6.45, 7) is 5.26. The number of carboxylic acid groups (broad SMARTS) is 1. The monoisotopic (exact) mass is 802 g/mol. The quantitative estimate of drug-likeness (QED) is 0.0577. The van der Waals surface area contributed by atoms with Crippen molar-refractivity contribution in [2.45, 2.75) is 27.2 Å². The molecule has 0 saturated carbocycles. The van der Waals surface area contributed by atoms with E-state index in [4.69, 9.17) is 22.4 Å². The minimum absolute atomic E-state index is 0.0301. The number of aromatic nitrogens is 8. The van der Waals surface area contributed by atoms with Crippen LogP contribution in [0.15, 0.2) is 74.4 Å². The zero-order valence-electron chi connectivity index (χ0n) is 30.2. The topological polar surface area (TPSA) is 257 Å². The predicted molar refractivity (Wildman–Crippen MR) is 199 cm³/mol. The third-order valence-corrected chi connectivity index (χ3v) is 9.01. The number of carbonyl (C=O) groups is 5. The van der Waals surface area contributed by atoms with Gasteiger partial charge in [-0.15, -0.1) is 0 Å². The second-order valence-electron chi connectivity index (χ2n) is 9.11. The smallest absolute Gasteiger partial charge is 0.358 e. The average Bonchev–Trinajstić information content (AvgIpc) is 3.58. The lowest BCUT2D eigenvalue weighted by Gasteiger charge is -2.06. The van der Waals surface area contributed by atoms with Gasteiger partial charge in [-0.2, -0.15) is 0 Å². The molecule has 5 aromatic rings. The van der Waals surface area contributed by atoms with E-state index in [9.17, 15) is 24.0 Å². The van der Waals surface area contributed by atoms with E-state index in [2.05, 4.69) is 54.1 Å². The van der Waals surface area contributed by atoms with E-state index in [1.54, 1.807) is 46.2 Å². The summed E-state index contributed by atoms with van der Waals surface area (Å²) in [6, 6.07) is 0. The maximum absolute atomic E-state index is 11.5. The van der Waals surface area contributed by atoms with Crippen LogP contribution in [-0.2, 0) is 23.8 Å². The molecule has 2 N–H and O–H groups in total. The molecule has 5 heterocycles. The van der Waals surface area contributed by atoms with Crippen LogP contribution >= 0.6 is 32.9 Å². The molecule has 0 radical (unpaired) electrons. The molecule has 0 aromatic carbocycles. The molecule has 0 saturated heterocycles. The van der Waals surface area contributed by atoms with Gasteiger partial charge in [0.2, 0.25) is 0 Å². The molecule has 5 rings (SSSR count). The number of hydrogen-bond donors (Lipinski definition) is 2. The number of Topliss-reactive ketones (excluding diaryl/α,β-unsaturated/α-hetero) is 1. The Labute approximate surface area is 322 Å². The molecule has 0 aliphatic carbocycles. The van der Waals surface area contributed by atoms with Crippen molar-refractivity contribution in [1.82, 2.24) is 39.9 Å². The number of rotatable bonds is 7. The van der Waals surface area contributed by atoms with Crippen LogP contribution in [0.2, 0.25) is 0 Å². The first-order chi connectivity index (χ1) is 25.9. The molecule has 18 nitrogen and oxygen atoms in total. The fourth-order valence-electron chi connectivity index (χ4n) is 2.94. The normalized spacial score (nSPS) is 9.63. The molecule has 0 bridgehead atoms. The minimum atomic E-state index is -1.05. The van der Waals surface area contributed by atoms with Gasteiger partial charge in [0.05, 0.1) is 56.7 Å². The van der Waals surface area contributed by atoms with Gasteiger partial charge in [-0.25, -0.2) is 24.5 Å². The SMILES string of the molecule is CCC(=O)OC.CO.COC(=O)C(C)C(=O)c1cnccn1.COC(=O)c1cnccn1.Cc1c(-c2cnccn2)ssc1=S.O=C(O)c1cnccn1.